The minimum atomic E-state index is 0.290. The quantitative estimate of drug-likeness (QED) is 0.264. The van der Waals surface area contributed by atoms with Gasteiger partial charge in [0.15, 0.2) is 5.78 Å². The summed E-state index contributed by atoms with van der Waals surface area (Å²) in [5, 5.41) is 0. The van der Waals surface area contributed by atoms with Crippen molar-refractivity contribution >= 4 is 11.6 Å². The number of benzene rings is 1. The molecule has 0 aromatic heterocycles. The number of unbranched alkanes of at least 4 members (excludes halogenated alkanes) is 4. The van der Waals surface area contributed by atoms with Gasteiger partial charge in [0.25, 0.3) is 0 Å². The molecule has 1 aromatic rings. The fraction of sp³-hybridized carbons (Fsp3) is 0.724. The molecule has 2 fully saturated rings. The van der Waals surface area contributed by atoms with Crippen molar-refractivity contribution < 1.29 is 9.59 Å². The minimum absolute atomic E-state index is 0.290. The second-order valence-electron chi connectivity index (χ2n) is 10.3. The highest BCUT2D eigenvalue weighted by Crippen LogP contribution is 2.43. The summed E-state index contributed by atoms with van der Waals surface area (Å²) in [5.41, 5.74) is 2.28. The Kier molecular flexibility index (Phi) is 9.81. The Morgan fingerprint density at radius 2 is 1.45 bits per heavy atom. The van der Waals surface area contributed by atoms with E-state index in [2.05, 4.69) is 26.0 Å². The number of Topliss-reactive ketones (excluding diaryl/α,β-unsaturated/α-hetero) is 2. The molecule has 0 unspecified atom stereocenters. The van der Waals surface area contributed by atoms with E-state index in [1.165, 1.54) is 56.9 Å². The molecular weight excluding hydrogens is 380 g/mol. The summed E-state index contributed by atoms with van der Waals surface area (Å²) in [4.78, 5) is 25.0. The third-order valence-corrected chi connectivity index (χ3v) is 8.11. The topological polar surface area (TPSA) is 34.1 Å². The second kappa shape index (κ2) is 12.6. The van der Waals surface area contributed by atoms with Gasteiger partial charge in [0.1, 0.15) is 5.78 Å². The third-order valence-electron chi connectivity index (χ3n) is 8.11. The summed E-state index contributed by atoms with van der Waals surface area (Å²) in [6.45, 7) is 4.41. The molecule has 0 aliphatic heterocycles. The predicted octanol–water partition coefficient (Wildman–Crippen LogP) is 8.29. The maximum absolute atomic E-state index is 12.7. The normalized spacial score (nSPS) is 26.7. The van der Waals surface area contributed by atoms with Gasteiger partial charge in [0.05, 0.1) is 0 Å². The van der Waals surface area contributed by atoms with Crippen LogP contribution < -0.4 is 0 Å². The van der Waals surface area contributed by atoms with Crippen molar-refractivity contribution in [1.82, 2.24) is 0 Å². The van der Waals surface area contributed by atoms with Crippen LogP contribution >= 0.6 is 0 Å². The number of hydrogen-bond donors (Lipinski definition) is 0. The maximum atomic E-state index is 12.7. The van der Waals surface area contributed by atoms with E-state index in [1.54, 1.807) is 0 Å². The highest BCUT2D eigenvalue weighted by Gasteiger charge is 2.34. The van der Waals surface area contributed by atoms with Gasteiger partial charge in [-0.15, -0.1) is 0 Å². The molecule has 0 saturated heterocycles. The summed E-state index contributed by atoms with van der Waals surface area (Å²) in [5.74, 6) is 3.23. The van der Waals surface area contributed by atoms with Crippen LogP contribution in [0.5, 0.6) is 0 Å². The van der Waals surface area contributed by atoms with Crippen LogP contribution in [-0.2, 0) is 4.79 Å². The van der Waals surface area contributed by atoms with Crippen molar-refractivity contribution in [2.75, 3.05) is 0 Å². The summed E-state index contributed by atoms with van der Waals surface area (Å²) in [6.07, 6.45) is 17.1. The molecule has 2 aliphatic rings. The van der Waals surface area contributed by atoms with E-state index in [9.17, 15) is 9.59 Å². The summed E-state index contributed by atoms with van der Waals surface area (Å²) >= 11 is 0. The van der Waals surface area contributed by atoms with Gasteiger partial charge >= 0.3 is 0 Å². The SMILES string of the molecule is CCCCCC(=O)c1ccc(C2CCC([C@H]3CC[C@H](CCCCC)C(=O)C3)CC2)cc1. The van der Waals surface area contributed by atoms with Gasteiger partial charge in [-0.25, -0.2) is 0 Å². The second-order valence-corrected chi connectivity index (χ2v) is 10.3. The average Bonchev–Trinajstić information content (AvgIpc) is 2.80. The molecule has 0 bridgehead atoms. The van der Waals surface area contributed by atoms with Crippen LogP contribution in [0.15, 0.2) is 24.3 Å². The van der Waals surface area contributed by atoms with E-state index in [-0.39, 0.29) is 0 Å². The molecule has 2 nitrogen and oxygen atoms in total. The van der Waals surface area contributed by atoms with Gasteiger partial charge in [-0.1, -0.05) is 70.2 Å². The Labute approximate surface area is 190 Å². The van der Waals surface area contributed by atoms with Crippen LogP contribution in [0.2, 0.25) is 0 Å². The minimum Gasteiger partial charge on any atom is -0.299 e. The van der Waals surface area contributed by atoms with Crippen molar-refractivity contribution in [3.05, 3.63) is 35.4 Å². The first kappa shape index (κ1) is 24.2. The van der Waals surface area contributed by atoms with Crippen LogP contribution in [-0.4, -0.2) is 11.6 Å². The van der Waals surface area contributed by atoms with E-state index in [1.807, 2.05) is 12.1 Å². The molecule has 2 saturated carbocycles. The standard InChI is InChI=1S/C29H44O2/c1-3-5-7-9-25-19-20-27(21-29(25)31)24-13-11-22(12-14-24)23-15-17-26(18-16-23)28(30)10-8-6-4-2/h15-18,22,24-25,27H,3-14,19-21H2,1-2H3/t22?,24?,25-,27-/m0/s1. The lowest BCUT2D eigenvalue weighted by molar-refractivity contribution is -0.127. The highest BCUT2D eigenvalue weighted by molar-refractivity contribution is 5.96. The lowest BCUT2D eigenvalue weighted by atomic mass is 9.67. The average molecular weight is 425 g/mol. The molecule has 3 rings (SSSR count). The van der Waals surface area contributed by atoms with Crippen molar-refractivity contribution in [3.63, 3.8) is 0 Å². The van der Waals surface area contributed by atoms with Gasteiger partial charge < -0.3 is 0 Å². The molecule has 0 N–H and O–H groups in total. The van der Waals surface area contributed by atoms with Gasteiger partial charge in [0.2, 0.25) is 0 Å². The van der Waals surface area contributed by atoms with E-state index in [0.29, 0.717) is 35.7 Å². The largest absolute Gasteiger partial charge is 0.299 e. The Bertz CT molecular complexity index is 681. The Morgan fingerprint density at radius 3 is 2.10 bits per heavy atom. The van der Waals surface area contributed by atoms with Crippen LogP contribution in [0.3, 0.4) is 0 Å². The van der Waals surface area contributed by atoms with Crippen LogP contribution in [0.25, 0.3) is 0 Å². The first-order valence-corrected chi connectivity index (χ1v) is 13.3. The zero-order valence-electron chi connectivity index (χ0n) is 20.0. The van der Waals surface area contributed by atoms with Gasteiger partial charge in [-0.05, 0) is 74.7 Å². The Morgan fingerprint density at radius 1 is 0.806 bits per heavy atom. The van der Waals surface area contributed by atoms with Crippen LogP contribution in [0, 0.1) is 17.8 Å². The maximum Gasteiger partial charge on any atom is 0.162 e. The molecule has 0 radical (unpaired) electrons. The molecule has 0 spiro atoms. The van der Waals surface area contributed by atoms with Crippen molar-refractivity contribution in [1.29, 1.82) is 0 Å². The number of hydrogen-bond acceptors (Lipinski definition) is 2. The van der Waals surface area contributed by atoms with E-state index < -0.39 is 0 Å². The molecule has 0 heterocycles. The van der Waals surface area contributed by atoms with Gasteiger partial charge in [-0.2, -0.15) is 0 Å². The molecule has 2 atom stereocenters. The van der Waals surface area contributed by atoms with Gasteiger partial charge in [0, 0.05) is 24.3 Å². The monoisotopic (exact) mass is 424 g/mol. The highest BCUT2D eigenvalue weighted by atomic mass is 16.1. The fourth-order valence-corrected chi connectivity index (χ4v) is 6.00. The lowest BCUT2D eigenvalue weighted by Crippen LogP contribution is -2.31. The van der Waals surface area contributed by atoms with E-state index in [0.717, 1.165) is 50.0 Å². The molecular formula is C29H44O2. The lowest BCUT2D eigenvalue weighted by Gasteiger charge is -2.37. The molecule has 2 heteroatoms. The Hall–Kier alpha value is -1.44. The van der Waals surface area contributed by atoms with Crippen molar-refractivity contribution in [3.8, 4) is 0 Å². The number of carbonyl (C=O) groups is 2. The summed E-state index contributed by atoms with van der Waals surface area (Å²) in [7, 11) is 0. The van der Waals surface area contributed by atoms with E-state index in [4.69, 9.17) is 0 Å². The fourth-order valence-electron chi connectivity index (χ4n) is 6.00. The van der Waals surface area contributed by atoms with Crippen molar-refractivity contribution in [2.24, 2.45) is 17.8 Å². The third kappa shape index (κ3) is 7.02. The molecule has 1 aromatic carbocycles. The zero-order chi connectivity index (χ0) is 22.1. The summed E-state index contributed by atoms with van der Waals surface area (Å²) in [6, 6.07) is 8.49. The van der Waals surface area contributed by atoms with Gasteiger partial charge in [-0.3, -0.25) is 9.59 Å². The molecule has 2 aliphatic carbocycles. The van der Waals surface area contributed by atoms with Crippen LogP contribution in [0.4, 0.5) is 0 Å². The molecule has 0 amide bonds. The first-order chi connectivity index (χ1) is 15.1. The molecule has 172 valence electrons. The zero-order valence-corrected chi connectivity index (χ0v) is 20.0. The van der Waals surface area contributed by atoms with Crippen molar-refractivity contribution in [2.45, 2.75) is 116 Å². The summed E-state index contributed by atoms with van der Waals surface area (Å²) < 4.78 is 0. The first-order valence-electron chi connectivity index (χ1n) is 13.3. The number of carbonyl (C=O) groups excluding carboxylic acids is 2. The number of rotatable bonds is 11. The predicted molar refractivity (Wildman–Crippen MR) is 130 cm³/mol. The number of ketones is 2. The molecule has 31 heavy (non-hydrogen) atoms. The van der Waals surface area contributed by atoms with E-state index >= 15 is 0 Å². The Balaban J connectivity index is 1.43. The smallest absolute Gasteiger partial charge is 0.162 e. The van der Waals surface area contributed by atoms with Crippen LogP contribution in [0.1, 0.15) is 132 Å².